The zero-order valence-corrected chi connectivity index (χ0v) is 14.8. The van der Waals surface area contributed by atoms with E-state index in [0.717, 1.165) is 25.2 Å². The van der Waals surface area contributed by atoms with Gasteiger partial charge >= 0.3 is 0 Å². The van der Waals surface area contributed by atoms with Crippen LogP contribution >= 0.6 is 0 Å². The zero-order chi connectivity index (χ0) is 16.4. The second kappa shape index (κ2) is 11.0. The third-order valence-corrected chi connectivity index (χ3v) is 4.65. The van der Waals surface area contributed by atoms with Gasteiger partial charge < -0.3 is 10.4 Å². The molecular weight excluding hydrogens is 276 g/mol. The molecule has 4 heteroatoms. The normalized spacial score (nSPS) is 17.9. The van der Waals surface area contributed by atoms with Crippen molar-refractivity contribution < 1.29 is 9.90 Å². The molecule has 0 saturated heterocycles. The molecule has 1 aliphatic rings. The summed E-state index contributed by atoms with van der Waals surface area (Å²) in [5.41, 5.74) is 0. The highest BCUT2D eigenvalue weighted by atomic mass is 16.3. The summed E-state index contributed by atoms with van der Waals surface area (Å²) in [5.74, 6) is 0.838. The Kier molecular flexibility index (Phi) is 9.73. The number of aliphatic hydroxyl groups excluding tert-OH is 1. The third-order valence-electron chi connectivity index (χ3n) is 4.65. The first-order valence-corrected chi connectivity index (χ1v) is 9.17. The molecule has 0 radical (unpaired) electrons. The molecule has 0 aromatic heterocycles. The van der Waals surface area contributed by atoms with Crippen molar-refractivity contribution in [3.05, 3.63) is 0 Å². The van der Waals surface area contributed by atoms with E-state index in [1.165, 1.54) is 32.1 Å². The van der Waals surface area contributed by atoms with Crippen molar-refractivity contribution in [3.8, 4) is 0 Å². The largest absolute Gasteiger partial charge is 0.395 e. The fourth-order valence-electron chi connectivity index (χ4n) is 3.37. The molecule has 0 aliphatic heterocycles. The summed E-state index contributed by atoms with van der Waals surface area (Å²) in [7, 11) is 0. The predicted molar refractivity (Wildman–Crippen MR) is 91.8 cm³/mol. The van der Waals surface area contributed by atoms with E-state index in [2.05, 4.69) is 31.0 Å². The highest BCUT2D eigenvalue weighted by molar-refractivity contribution is 5.78. The van der Waals surface area contributed by atoms with Crippen molar-refractivity contribution in [2.45, 2.75) is 84.2 Å². The van der Waals surface area contributed by atoms with Gasteiger partial charge in [-0.1, -0.05) is 46.0 Å². The summed E-state index contributed by atoms with van der Waals surface area (Å²) in [5, 5.41) is 12.4. The highest BCUT2D eigenvalue weighted by Crippen LogP contribution is 2.22. The Morgan fingerprint density at radius 1 is 1.18 bits per heavy atom. The standard InChI is InChI=1S/C18H36N2O2/c1-15(2)8-7-9-16(3)19-18(22)14-20(12-13-21)17-10-5-4-6-11-17/h15-17,21H,4-14H2,1-3H3,(H,19,22). The maximum absolute atomic E-state index is 12.2. The molecule has 0 heterocycles. The Hall–Kier alpha value is -0.610. The second-order valence-corrected chi connectivity index (χ2v) is 7.28. The molecule has 0 bridgehead atoms. The van der Waals surface area contributed by atoms with Crippen LogP contribution in [0.15, 0.2) is 0 Å². The lowest BCUT2D eigenvalue weighted by Gasteiger charge is -2.33. The molecule has 1 rings (SSSR count). The maximum Gasteiger partial charge on any atom is 0.234 e. The van der Waals surface area contributed by atoms with Crippen molar-refractivity contribution >= 4 is 5.91 Å². The van der Waals surface area contributed by atoms with Crippen LogP contribution in [0.4, 0.5) is 0 Å². The average molecular weight is 312 g/mol. The van der Waals surface area contributed by atoms with Crippen molar-refractivity contribution in [1.29, 1.82) is 0 Å². The summed E-state index contributed by atoms with van der Waals surface area (Å²) in [6.45, 7) is 7.74. The number of carbonyl (C=O) groups excluding carboxylic acids is 1. The minimum atomic E-state index is 0.107. The van der Waals surface area contributed by atoms with E-state index in [4.69, 9.17) is 0 Å². The maximum atomic E-state index is 12.2. The van der Waals surface area contributed by atoms with Crippen LogP contribution < -0.4 is 5.32 Å². The van der Waals surface area contributed by atoms with Crippen LogP contribution in [0, 0.1) is 5.92 Å². The quantitative estimate of drug-likeness (QED) is 0.652. The van der Waals surface area contributed by atoms with Crippen LogP contribution in [0.3, 0.4) is 0 Å². The minimum Gasteiger partial charge on any atom is -0.395 e. The molecule has 0 aromatic rings. The van der Waals surface area contributed by atoms with Crippen LogP contribution in [0.5, 0.6) is 0 Å². The molecule has 1 amide bonds. The van der Waals surface area contributed by atoms with Gasteiger partial charge in [0.15, 0.2) is 0 Å². The first-order valence-electron chi connectivity index (χ1n) is 9.17. The van der Waals surface area contributed by atoms with E-state index in [9.17, 15) is 9.90 Å². The van der Waals surface area contributed by atoms with Gasteiger partial charge in [-0.3, -0.25) is 9.69 Å². The lowest BCUT2D eigenvalue weighted by atomic mass is 9.94. The summed E-state index contributed by atoms with van der Waals surface area (Å²) in [6, 6.07) is 0.719. The van der Waals surface area contributed by atoms with Crippen molar-refractivity contribution in [1.82, 2.24) is 10.2 Å². The van der Waals surface area contributed by atoms with E-state index in [-0.39, 0.29) is 18.6 Å². The molecule has 1 saturated carbocycles. The Balaban J connectivity index is 2.32. The van der Waals surface area contributed by atoms with Gasteiger partial charge in [0.05, 0.1) is 13.2 Å². The fourth-order valence-corrected chi connectivity index (χ4v) is 3.37. The monoisotopic (exact) mass is 312 g/mol. The summed E-state index contributed by atoms with van der Waals surface area (Å²) >= 11 is 0. The number of rotatable bonds is 10. The smallest absolute Gasteiger partial charge is 0.234 e. The molecular formula is C18H36N2O2. The van der Waals surface area contributed by atoms with Gasteiger partial charge in [0.25, 0.3) is 0 Å². The van der Waals surface area contributed by atoms with Gasteiger partial charge in [0.2, 0.25) is 5.91 Å². The van der Waals surface area contributed by atoms with Gasteiger partial charge in [-0.05, 0) is 32.1 Å². The van der Waals surface area contributed by atoms with Crippen molar-refractivity contribution in [2.24, 2.45) is 5.92 Å². The molecule has 0 spiro atoms. The molecule has 1 aliphatic carbocycles. The number of aliphatic hydroxyl groups is 1. The molecule has 130 valence electrons. The second-order valence-electron chi connectivity index (χ2n) is 7.28. The van der Waals surface area contributed by atoms with Crippen LogP contribution in [0.1, 0.15) is 72.1 Å². The van der Waals surface area contributed by atoms with Crippen LogP contribution in [-0.4, -0.2) is 47.7 Å². The minimum absolute atomic E-state index is 0.107. The average Bonchev–Trinajstić information content (AvgIpc) is 2.47. The zero-order valence-electron chi connectivity index (χ0n) is 14.8. The van der Waals surface area contributed by atoms with Crippen LogP contribution in [-0.2, 0) is 4.79 Å². The number of hydrogen-bond acceptors (Lipinski definition) is 3. The van der Waals surface area contributed by atoms with Gasteiger partial charge in [0, 0.05) is 18.6 Å². The lowest BCUT2D eigenvalue weighted by molar-refractivity contribution is -0.123. The van der Waals surface area contributed by atoms with E-state index >= 15 is 0 Å². The molecule has 1 unspecified atom stereocenters. The third kappa shape index (κ3) is 8.14. The summed E-state index contributed by atoms with van der Waals surface area (Å²) in [6.07, 6.45) is 9.57. The Labute approximate surface area is 136 Å². The predicted octanol–water partition coefficient (Wildman–Crippen LogP) is 2.94. The number of amides is 1. The van der Waals surface area contributed by atoms with E-state index < -0.39 is 0 Å². The SMILES string of the molecule is CC(C)CCCC(C)NC(=O)CN(CCO)C1CCCCC1. The first kappa shape index (κ1) is 19.4. The van der Waals surface area contributed by atoms with Gasteiger partial charge in [-0.2, -0.15) is 0 Å². The molecule has 0 aromatic carbocycles. The Morgan fingerprint density at radius 2 is 1.86 bits per heavy atom. The first-order chi connectivity index (χ1) is 10.5. The number of nitrogens with zero attached hydrogens (tertiary/aromatic N) is 1. The van der Waals surface area contributed by atoms with Crippen molar-refractivity contribution in [2.75, 3.05) is 19.7 Å². The number of nitrogens with one attached hydrogen (secondary N) is 1. The van der Waals surface area contributed by atoms with Crippen LogP contribution in [0.2, 0.25) is 0 Å². The van der Waals surface area contributed by atoms with E-state index in [1.807, 2.05) is 0 Å². The summed E-state index contributed by atoms with van der Waals surface area (Å²) in [4.78, 5) is 14.4. The summed E-state index contributed by atoms with van der Waals surface area (Å²) < 4.78 is 0. The Bertz CT molecular complexity index is 301. The molecule has 1 atom stereocenters. The van der Waals surface area contributed by atoms with Gasteiger partial charge in [-0.15, -0.1) is 0 Å². The van der Waals surface area contributed by atoms with Gasteiger partial charge in [0.1, 0.15) is 0 Å². The molecule has 4 nitrogen and oxygen atoms in total. The van der Waals surface area contributed by atoms with E-state index in [1.54, 1.807) is 0 Å². The lowest BCUT2D eigenvalue weighted by Crippen LogP contribution is -2.46. The highest BCUT2D eigenvalue weighted by Gasteiger charge is 2.23. The number of hydrogen-bond donors (Lipinski definition) is 2. The topological polar surface area (TPSA) is 52.6 Å². The molecule has 1 fully saturated rings. The Morgan fingerprint density at radius 3 is 2.45 bits per heavy atom. The van der Waals surface area contributed by atoms with E-state index in [0.29, 0.717) is 19.1 Å². The molecule has 2 N–H and O–H groups in total. The fraction of sp³-hybridized carbons (Fsp3) is 0.944. The molecule has 22 heavy (non-hydrogen) atoms. The van der Waals surface area contributed by atoms with Crippen molar-refractivity contribution in [3.63, 3.8) is 0 Å². The number of carbonyl (C=O) groups is 1. The van der Waals surface area contributed by atoms with Crippen LogP contribution in [0.25, 0.3) is 0 Å². The van der Waals surface area contributed by atoms with Gasteiger partial charge in [-0.25, -0.2) is 0 Å².